The normalized spacial score (nSPS) is 19.1. The first-order chi connectivity index (χ1) is 10.9. The molecule has 0 bridgehead atoms. The molecular formula is C20H21S2+. The Morgan fingerprint density at radius 2 is 1.41 bits per heavy atom. The number of allylic oxidation sites excluding steroid dienone is 1. The van der Waals surface area contributed by atoms with Crippen molar-refractivity contribution in [3.05, 3.63) is 60.0 Å². The van der Waals surface area contributed by atoms with Crippen molar-refractivity contribution >= 4 is 22.7 Å². The highest BCUT2D eigenvalue weighted by Crippen LogP contribution is 2.46. The van der Waals surface area contributed by atoms with Gasteiger partial charge in [0.1, 0.15) is 5.41 Å². The van der Waals surface area contributed by atoms with Gasteiger partial charge in [0.2, 0.25) is 0 Å². The minimum absolute atomic E-state index is 0.102. The lowest BCUT2D eigenvalue weighted by molar-refractivity contribution is 0.420. The zero-order chi connectivity index (χ0) is 14.8. The van der Waals surface area contributed by atoms with Crippen LogP contribution in [0.25, 0.3) is 0 Å². The van der Waals surface area contributed by atoms with E-state index in [1.165, 1.54) is 51.7 Å². The summed E-state index contributed by atoms with van der Waals surface area (Å²) in [4.78, 5) is 5.85. The van der Waals surface area contributed by atoms with E-state index in [0.717, 1.165) is 5.92 Å². The summed E-state index contributed by atoms with van der Waals surface area (Å²) in [5, 5.41) is 2.51. The Morgan fingerprint density at radius 1 is 0.818 bits per heavy atom. The predicted molar refractivity (Wildman–Crippen MR) is 96.6 cm³/mol. The third-order valence-corrected chi connectivity index (χ3v) is 8.03. The van der Waals surface area contributed by atoms with Gasteiger partial charge in [-0.05, 0) is 49.1 Å². The maximum atomic E-state index is 2.52. The lowest BCUT2D eigenvalue weighted by atomic mass is 9.90. The average Bonchev–Trinajstić information content (AvgIpc) is 2.59. The molecule has 0 unspecified atom stereocenters. The summed E-state index contributed by atoms with van der Waals surface area (Å²) < 4.78 is 0. The van der Waals surface area contributed by atoms with Crippen molar-refractivity contribution in [3.8, 4) is 0 Å². The Morgan fingerprint density at radius 3 is 2.05 bits per heavy atom. The van der Waals surface area contributed by atoms with Crippen LogP contribution < -0.4 is 0 Å². The van der Waals surface area contributed by atoms with E-state index < -0.39 is 0 Å². The number of fused-ring (bicyclic) bond motifs is 2. The van der Waals surface area contributed by atoms with Crippen LogP contribution in [0.3, 0.4) is 0 Å². The second-order valence-corrected chi connectivity index (χ2v) is 8.97. The van der Waals surface area contributed by atoms with Gasteiger partial charge in [-0.3, -0.25) is 0 Å². The van der Waals surface area contributed by atoms with Gasteiger partial charge in [-0.25, -0.2) is 0 Å². The summed E-state index contributed by atoms with van der Waals surface area (Å²) in [5.41, 5.74) is 0. The minimum Gasteiger partial charge on any atom is -0.0795 e. The van der Waals surface area contributed by atoms with Crippen LogP contribution in [0.5, 0.6) is 0 Å². The maximum Gasteiger partial charge on any atom is 0.179 e. The Kier molecular flexibility index (Phi) is 4.31. The van der Waals surface area contributed by atoms with Gasteiger partial charge >= 0.3 is 0 Å². The Labute approximate surface area is 140 Å². The van der Waals surface area contributed by atoms with Gasteiger partial charge in [0.15, 0.2) is 9.79 Å². The van der Waals surface area contributed by atoms with E-state index in [0.29, 0.717) is 0 Å². The molecule has 0 amide bonds. The van der Waals surface area contributed by atoms with E-state index >= 15 is 0 Å². The van der Waals surface area contributed by atoms with Crippen LogP contribution in [0.15, 0.2) is 79.6 Å². The lowest BCUT2D eigenvalue weighted by Gasteiger charge is -2.19. The monoisotopic (exact) mass is 325 g/mol. The summed E-state index contributed by atoms with van der Waals surface area (Å²) in [7, 11) is 0.102. The largest absolute Gasteiger partial charge is 0.179 e. The van der Waals surface area contributed by atoms with Crippen LogP contribution in [0.2, 0.25) is 0 Å². The van der Waals surface area contributed by atoms with E-state index in [1.807, 2.05) is 11.8 Å². The van der Waals surface area contributed by atoms with Crippen LogP contribution in [0, 0.1) is 5.92 Å². The van der Waals surface area contributed by atoms with E-state index in [2.05, 4.69) is 60.0 Å². The molecule has 0 radical (unpaired) electrons. The fourth-order valence-corrected chi connectivity index (χ4v) is 6.92. The second kappa shape index (κ2) is 6.55. The molecule has 1 aliphatic heterocycles. The molecule has 0 N–H and O–H groups in total. The topological polar surface area (TPSA) is 0 Å². The van der Waals surface area contributed by atoms with Crippen LogP contribution in [-0.4, -0.2) is 0 Å². The van der Waals surface area contributed by atoms with Crippen molar-refractivity contribution in [1.29, 1.82) is 0 Å². The van der Waals surface area contributed by atoms with Crippen LogP contribution >= 0.6 is 11.8 Å². The minimum atomic E-state index is 0.102. The van der Waals surface area contributed by atoms with Crippen molar-refractivity contribution in [2.24, 2.45) is 5.92 Å². The summed E-state index contributed by atoms with van der Waals surface area (Å²) in [6.07, 6.45) is 9.53. The molecule has 2 aromatic rings. The van der Waals surface area contributed by atoms with Gasteiger partial charge in [0.05, 0.1) is 20.7 Å². The average molecular weight is 326 g/mol. The first-order valence-electron chi connectivity index (χ1n) is 8.19. The molecule has 4 rings (SSSR count). The fraction of sp³-hybridized carbons (Fsp3) is 0.300. The first kappa shape index (κ1) is 14.5. The van der Waals surface area contributed by atoms with E-state index in [1.54, 1.807) is 0 Å². The summed E-state index contributed by atoms with van der Waals surface area (Å²) in [6.45, 7) is 0. The smallest absolute Gasteiger partial charge is 0.0795 e. The van der Waals surface area contributed by atoms with Crippen LogP contribution in [0.1, 0.15) is 32.1 Å². The van der Waals surface area contributed by atoms with Crippen molar-refractivity contribution in [2.45, 2.75) is 51.7 Å². The molecule has 1 fully saturated rings. The van der Waals surface area contributed by atoms with Gasteiger partial charge < -0.3 is 0 Å². The number of hydrogen-bond acceptors (Lipinski definition) is 1. The van der Waals surface area contributed by atoms with Gasteiger partial charge in [0.25, 0.3) is 0 Å². The highest BCUT2D eigenvalue weighted by atomic mass is 32.2. The molecule has 112 valence electrons. The third kappa shape index (κ3) is 2.87. The second-order valence-electron chi connectivity index (χ2n) is 6.06. The molecule has 2 aliphatic rings. The zero-order valence-corrected chi connectivity index (χ0v) is 14.3. The number of hydrogen-bond donors (Lipinski definition) is 0. The molecule has 1 heterocycles. The standard InChI is InChI=1S/C20H21S2/c1-2-8-16(9-3-1)14-15-22-19-12-6-4-10-17(19)21-18-11-5-7-13-20(18)22/h4-7,10-16H,1-3,8-9H2/q+1/b15-14+. The van der Waals surface area contributed by atoms with Crippen LogP contribution in [-0.2, 0) is 10.9 Å². The van der Waals surface area contributed by atoms with E-state index in [4.69, 9.17) is 0 Å². The highest BCUT2D eigenvalue weighted by Gasteiger charge is 2.34. The zero-order valence-electron chi connectivity index (χ0n) is 12.7. The molecular weight excluding hydrogens is 304 g/mol. The Bertz CT molecular complexity index is 638. The van der Waals surface area contributed by atoms with Gasteiger partial charge in [0, 0.05) is 0 Å². The van der Waals surface area contributed by atoms with Crippen molar-refractivity contribution < 1.29 is 0 Å². The van der Waals surface area contributed by atoms with Crippen LogP contribution in [0.4, 0.5) is 0 Å². The lowest BCUT2D eigenvalue weighted by Crippen LogP contribution is -2.09. The molecule has 22 heavy (non-hydrogen) atoms. The summed E-state index contributed by atoms with van der Waals surface area (Å²) in [6, 6.07) is 17.8. The Hall–Kier alpha value is -1.12. The maximum absolute atomic E-state index is 2.52. The summed E-state index contributed by atoms with van der Waals surface area (Å²) in [5.74, 6) is 0.801. The van der Waals surface area contributed by atoms with E-state index in [-0.39, 0.29) is 10.9 Å². The first-order valence-corrected chi connectivity index (χ1v) is 10.3. The molecule has 0 atom stereocenters. The van der Waals surface area contributed by atoms with Gasteiger partial charge in [-0.1, -0.05) is 55.3 Å². The molecule has 0 aromatic heterocycles. The third-order valence-electron chi connectivity index (χ3n) is 4.53. The predicted octanol–water partition coefficient (Wildman–Crippen LogP) is 6.28. The molecule has 0 nitrogen and oxygen atoms in total. The molecule has 2 heteroatoms. The van der Waals surface area contributed by atoms with Crippen molar-refractivity contribution in [1.82, 2.24) is 0 Å². The molecule has 1 aliphatic carbocycles. The number of rotatable bonds is 2. The van der Waals surface area contributed by atoms with Crippen molar-refractivity contribution in [3.63, 3.8) is 0 Å². The fourth-order valence-electron chi connectivity index (χ4n) is 3.33. The van der Waals surface area contributed by atoms with Gasteiger partial charge in [-0.15, -0.1) is 0 Å². The number of benzene rings is 2. The molecule has 0 spiro atoms. The molecule has 0 saturated heterocycles. The van der Waals surface area contributed by atoms with Crippen molar-refractivity contribution in [2.75, 3.05) is 0 Å². The van der Waals surface area contributed by atoms with E-state index in [9.17, 15) is 0 Å². The molecule has 1 saturated carbocycles. The SMILES string of the molecule is C(=C\[S+]1c2ccccc2Sc2ccccc21)/C1CCCCC1. The summed E-state index contributed by atoms with van der Waals surface area (Å²) >= 11 is 1.92. The quantitative estimate of drug-likeness (QED) is 0.585. The molecule has 2 aromatic carbocycles. The Balaban J connectivity index is 1.69. The van der Waals surface area contributed by atoms with Gasteiger partial charge in [-0.2, -0.15) is 0 Å². The highest BCUT2D eigenvalue weighted by molar-refractivity contribution is 8.05.